The Balaban J connectivity index is 1.47. The maximum Gasteiger partial charge on any atom is 0.224 e. The van der Waals surface area contributed by atoms with Crippen LogP contribution < -0.4 is 10.6 Å². The summed E-state index contributed by atoms with van der Waals surface area (Å²) < 4.78 is 19.7. The largest absolute Gasteiger partial charge is 0.380 e. The molecular formula is C22H25FN2O3. The van der Waals surface area contributed by atoms with Crippen LogP contribution in [0.15, 0.2) is 42.5 Å². The van der Waals surface area contributed by atoms with E-state index in [9.17, 15) is 14.0 Å². The first-order valence-electron chi connectivity index (χ1n) is 9.56. The maximum absolute atomic E-state index is 14.2. The second kappa shape index (κ2) is 9.46. The van der Waals surface area contributed by atoms with Crippen molar-refractivity contribution < 1.29 is 18.7 Å². The minimum absolute atomic E-state index is 0.0490. The van der Waals surface area contributed by atoms with Crippen LogP contribution in [0.25, 0.3) is 0 Å². The van der Waals surface area contributed by atoms with Gasteiger partial charge in [0.2, 0.25) is 5.91 Å². The lowest BCUT2D eigenvalue weighted by Crippen LogP contribution is -2.19. The number of Topliss-reactive ketones (excluding diaryl/α,β-unsaturated/α-hetero) is 1. The van der Waals surface area contributed by atoms with Gasteiger partial charge < -0.3 is 15.4 Å². The van der Waals surface area contributed by atoms with E-state index in [4.69, 9.17) is 4.74 Å². The molecule has 3 rings (SSSR count). The first-order chi connectivity index (χ1) is 13.5. The van der Waals surface area contributed by atoms with Crippen molar-refractivity contribution in [2.75, 3.05) is 23.8 Å². The Bertz CT molecular complexity index is 830. The number of carbonyl (C=O) groups is 2. The number of anilines is 2. The van der Waals surface area contributed by atoms with Crippen molar-refractivity contribution >= 4 is 23.1 Å². The van der Waals surface area contributed by atoms with Gasteiger partial charge in [-0.2, -0.15) is 0 Å². The van der Waals surface area contributed by atoms with E-state index in [1.165, 1.54) is 6.07 Å². The zero-order valence-corrected chi connectivity index (χ0v) is 16.0. The summed E-state index contributed by atoms with van der Waals surface area (Å²) in [5.41, 5.74) is 2.41. The molecule has 0 bridgehead atoms. The number of aryl methyl sites for hydroxylation is 1. The molecule has 0 radical (unpaired) electrons. The van der Waals surface area contributed by atoms with Crippen LogP contribution in [0, 0.1) is 12.7 Å². The van der Waals surface area contributed by atoms with Crippen molar-refractivity contribution in [1.82, 2.24) is 0 Å². The maximum atomic E-state index is 14.2. The topological polar surface area (TPSA) is 67.4 Å². The quantitative estimate of drug-likeness (QED) is 0.665. The third-order valence-corrected chi connectivity index (χ3v) is 4.75. The zero-order chi connectivity index (χ0) is 19.9. The number of nitrogens with one attached hydrogen (secondary N) is 2. The van der Waals surface area contributed by atoms with Crippen LogP contribution in [0.1, 0.15) is 41.6 Å². The molecule has 6 heteroatoms. The van der Waals surface area contributed by atoms with E-state index in [-0.39, 0.29) is 30.6 Å². The van der Waals surface area contributed by atoms with Crippen molar-refractivity contribution in [2.24, 2.45) is 0 Å². The summed E-state index contributed by atoms with van der Waals surface area (Å²) in [5, 5.41) is 5.68. The summed E-state index contributed by atoms with van der Waals surface area (Å²) >= 11 is 0. The van der Waals surface area contributed by atoms with E-state index < -0.39 is 5.82 Å². The standard InChI is InChI=1S/C22H25FN2O3/c1-15-4-6-16(7-5-15)21(26)10-11-22(27)25-17-8-9-20(19(23)13-17)24-14-18-3-2-12-28-18/h4-9,13,18,24H,2-3,10-12,14H2,1H3,(H,25,27). The third kappa shape index (κ3) is 5.63. The Kier molecular flexibility index (Phi) is 6.76. The van der Waals surface area contributed by atoms with Gasteiger partial charge in [-0.3, -0.25) is 9.59 Å². The minimum Gasteiger partial charge on any atom is -0.380 e. The molecule has 148 valence electrons. The number of benzene rings is 2. The molecule has 0 aliphatic carbocycles. The molecule has 2 aromatic carbocycles. The van der Waals surface area contributed by atoms with Gasteiger partial charge in [0.1, 0.15) is 5.82 Å². The van der Waals surface area contributed by atoms with Gasteiger partial charge >= 0.3 is 0 Å². The van der Waals surface area contributed by atoms with Crippen LogP contribution in [0.5, 0.6) is 0 Å². The second-order valence-corrected chi connectivity index (χ2v) is 7.05. The molecular weight excluding hydrogens is 359 g/mol. The molecule has 28 heavy (non-hydrogen) atoms. The van der Waals surface area contributed by atoms with E-state index in [1.807, 2.05) is 19.1 Å². The molecule has 1 unspecified atom stereocenters. The van der Waals surface area contributed by atoms with E-state index in [2.05, 4.69) is 10.6 Å². The first-order valence-corrected chi connectivity index (χ1v) is 9.56. The number of halogens is 1. The van der Waals surface area contributed by atoms with Gasteiger partial charge in [0.15, 0.2) is 5.78 Å². The lowest BCUT2D eigenvalue weighted by molar-refractivity contribution is -0.116. The van der Waals surface area contributed by atoms with Gasteiger partial charge in [0.05, 0.1) is 11.8 Å². The highest BCUT2D eigenvalue weighted by molar-refractivity contribution is 6.00. The fourth-order valence-electron chi connectivity index (χ4n) is 3.10. The second-order valence-electron chi connectivity index (χ2n) is 7.05. The highest BCUT2D eigenvalue weighted by atomic mass is 19.1. The lowest BCUT2D eigenvalue weighted by Gasteiger charge is -2.13. The van der Waals surface area contributed by atoms with Gasteiger partial charge in [-0.1, -0.05) is 29.8 Å². The highest BCUT2D eigenvalue weighted by Crippen LogP contribution is 2.21. The number of carbonyl (C=O) groups excluding carboxylic acids is 2. The summed E-state index contributed by atoms with van der Waals surface area (Å²) in [5.74, 6) is -0.846. The van der Waals surface area contributed by atoms with Gasteiger partial charge in [0.25, 0.3) is 0 Å². The number of hydrogen-bond donors (Lipinski definition) is 2. The van der Waals surface area contributed by atoms with E-state index in [1.54, 1.807) is 24.3 Å². The fourth-order valence-corrected chi connectivity index (χ4v) is 3.10. The summed E-state index contributed by atoms with van der Waals surface area (Å²) in [4.78, 5) is 24.2. The average Bonchev–Trinajstić information content (AvgIpc) is 3.19. The molecule has 0 spiro atoms. The Morgan fingerprint density at radius 2 is 1.93 bits per heavy atom. The van der Waals surface area contributed by atoms with Gasteiger partial charge in [-0.05, 0) is 38.0 Å². The number of amides is 1. The van der Waals surface area contributed by atoms with Gasteiger partial charge in [-0.15, -0.1) is 0 Å². The van der Waals surface area contributed by atoms with Crippen molar-refractivity contribution in [2.45, 2.75) is 38.7 Å². The van der Waals surface area contributed by atoms with Crippen molar-refractivity contribution in [3.8, 4) is 0 Å². The van der Waals surface area contributed by atoms with Crippen LogP contribution >= 0.6 is 0 Å². The van der Waals surface area contributed by atoms with E-state index in [0.717, 1.165) is 25.0 Å². The molecule has 0 aromatic heterocycles. The highest BCUT2D eigenvalue weighted by Gasteiger charge is 2.16. The minimum atomic E-state index is -0.438. The molecule has 1 heterocycles. The average molecular weight is 384 g/mol. The molecule has 1 fully saturated rings. The number of ether oxygens (including phenoxy) is 1. The lowest BCUT2D eigenvalue weighted by atomic mass is 10.0. The Labute approximate surface area is 164 Å². The van der Waals surface area contributed by atoms with Gasteiger partial charge in [-0.25, -0.2) is 4.39 Å². The number of ketones is 1. The number of hydrogen-bond acceptors (Lipinski definition) is 4. The molecule has 1 atom stereocenters. The Morgan fingerprint density at radius 3 is 2.61 bits per heavy atom. The third-order valence-electron chi connectivity index (χ3n) is 4.75. The Hall–Kier alpha value is -2.73. The molecule has 1 aliphatic rings. The van der Waals surface area contributed by atoms with E-state index in [0.29, 0.717) is 23.5 Å². The van der Waals surface area contributed by atoms with Crippen LogP contribution in [0.4, 0.5) is 15.8 Å². The van der Waals surface area contributed by atoms with Crippen molar-refractivity contribution in [3.63, 3.8) is 0 Å². The molecule has 2 N–H and O–H groups in total. The van der Waals surface area contributed by atoms with Crippen molar-refractivity contribution in [3.05, 3.63) is 59.4 Å². The van der Waals surface area contributed by atoms with E-state index >= 15 is 0 Å². The monoisotopic (exact) mass is 384 g/mol. The normalized spacial score (nSPS) is 16.0. The van der Waals surface area contributed by atoms with Crippen LogP contribution in [-0.4, -0.2) is 30.9 Å². The summed E-state index contributed by atoms with van der Waals surface area (Å²) in [6.45, 7) is 3.26. The fraction of sp³-hybridized carbons (Fsp3) is 0.364. The van der Waals surface area contributed by atoms with Gasteiger partial charge in [0, 0.05) is 37.2 Å². The summed E-state index contributed by atoms with van der Waals surface area (Å²) in [6.07, 6.45) is 2.28. The zero-order valence-electron chi connectivity index (χ0n) is 16.0. The van der Waals surface area contributed by atoms with Crippen LogP contribution in [0.3, 0.4) is 0 Å². The molecule has 5 nitrogen and oxygen atoms in total. The molecule has 1 amide bonds. The SMILES string of the molecule is Cc1ccc(C(=O)CCC(=O)Nc2ccc(NCC3CCCO3)c(F)c2)cc1. The van der Waals surface area contributed by atoms with Crippen LogP contribution in [0.2, 0.25) is 0 Å². The molecule has 2 aromatic rings. The predicted octanol–water partition coefficient (Wildman–Crippen LogP) is 4.33. The predicted molar refractivity (Wildman–Crippen MR) is 107 cm³/mol. The Morgan fingerprint density at radius 1 is 1.14 bits per heavy atom. The van der Waals surface area contributed by atoms with Crippen LogP contribution in [-0.2, 0) is 9.53 Å². The molecule has 1 saturated heterocycles. The first kappa shape index (κ1) is 20.0. The van der Waals surface area contributed by atoms with Crippen molar-refractivity contribution in [1.29, 1.82) is 0 Å². The summed E-state index contributed by atoms with van der Waals surface area (Å²) in [7, 11) is 0. The smallest absolute Gasteiger partial charge is 0.224 e. The summed E-state index contributed by atoms with van der Waals surface area (Å²) in [6, 6.07) is 11.8. The molecule has 0 saturated carbocycles. The molecule has 1 aliphatic heterocycles. The number of rotatable bonds is 8.